The Kier molecular flexibility index (Phi) is 7.72. The van der Waals surface area contributed by atoms with Gasteiger partial charge in [0, 0.05) is 24.2 Å². The minimum absolute atomic E-state index is 0.106. The van der Waals surface area contributed by atoms with Crippen molar-refractivity contribution in [3.8, 4) is 0 Å². The van der Waals surface area contributed by atoms with Crippen LogP contribution in [0.4, 0.5) is 0 Å². The summed E-state index contributed by atoms with van der Waals surface area (Å²) in [5.74, 6) is 0.634. The highest BCUT2D eigenvalue weighted by Gasteiger charge is 2.19. The largest absolute Gasteiger partial charge is 0.381 e. The Hall–Kier alpha value is -0.420. The van der Waals surface area contributed by atoms with Gasteiger partial charge in [0.05, 0.1) is 12.7 Å². The molecule has 1 N–H and O–H groups in total. The van der Waals surface area contributed by atoms with Crippen molar-refractivity contribution < 1.29 is 9.47 Å². The van der Waals surface area contributed by atoms with E-state index in [2.05, 4.69) is 46.4 Å². The van der Waals surface area contributed by atoms with Crippen LogP contribution in [0.1, 0.15) is 37.9 Å². The molecular formula is C17H26BrNO2. The molecule has 118 valence electrons. The van der Waals surface area contributed by atoms with E-state index < -0.39 is 0 Å². The van der Waals surface area contributed by atoms with Crippen molar-refractivity contribution in [2.24, 2.45) is 5.92 Å². The second kappa shape index (κ2) is 9.57. The summed E-state index contributed by atoms with van der Waals surface area (Å²) in [5.41, 5.74) is 1.23. The van der Waals surface area contributed by atoms with Crippen LogP contribution in [0, 0.1) is 5.92 Å². The van der Waals surface area contributed by atoms with E-state index in [4.69, 9.17) is 9.47 Å². The monoisotopic (exact) mass is 355 g/mol. The average Bonchev–Trinajstić information content (AvgIpc) is 2.53. The van der Waals surface area contributed by atoms with Gasteiger partial charge < -0.3 is 14.8 Å². The minimum atomic E-state index is 0.106. The van der Waals surface area contributed by atoms with E-state index in [1.807, 2.05) is 6.07 Å². The topological polar surface area (TPSA) is 30.5 Å². The maximum atomic E-state index is 6.25. The van der Waals surface area contributed by atoms with E-state index in [0.29, 0.717) is 5.92 Å². The van der Waals surface area contributed by atoms with Crippen LogP contribution < -0.4 is 5.32 Å². The summed E-state index contributed by atoms with van der Waals surface area (Å²) in [7, 11) is 0. The lowest BCUT2D eigenvalue weighted by Gasteiger charge is -2.26. The first-order valence-corrected chi connectivity index (χ1v) is 8.75. The predicted octanol–water partition coefficient (Wildman–Crippen LogP) is 3.93. The molecule has 1 aliphatic rings. The van der Waals surface area contributed by atoms with Gasteiger partial charge in [-0.15, -0.1) is 0 Å². The van der Waals surface area contributed by atoms with Gasteiger partial charge in [-0.1, -0.05) is 41.1 Å². The van der Waals surface area contributed by atoms with Crippen molar-refractivity contribution in [3.63, 3.8) is 0 Å². The zero-order valence-corrected chi connectivity index (χ0v) is 14.4. The summed E-state index contributed by atoms with van der Waals surface area (Å²) in [6, 6.07) is 8.35. The number of hydrogen-bond acceptors (Lipinski definition) is 3. The molecule has 0 bridgehead atoms. The standard InChI is InChI=1S/C17H26BrNO2/c1-2-9-19-12-17(15-5-3-4-6-16(15)18)21-13-14-7-10-20-11-8-14/h3-6,14,17,19H,2,7-13H2,1H3. The molecule has 1 unspecified atom stereocenters. The Balaban J connectivity index is 1.93. The molecule has 1 saturated heterocycles. The second-order valence-electron chi connectivity index (χ2n) is 5.60. The van der Waals surface area contributed by atoms with Gasteiger partial charge in [0.2, 0.25) is 0 Å². The zero-order valence-electron chi connectivity index (χ0n) is 12.8. The molecule has 0 spiro atoms. The summed E-state index contributed by atoms with van der Waals surface area (Å²) < 4.78 is 12.8. The molecule has 0 radical (unpaired) electrons. The Morgan fingerprint density at radius 2 is 2.10 bits per heavy atom. The van der Waals surface area contributed by atoms with Crippen LogP contribution in [0.2, 0.25) is 0 Å². The van der Waals surface area contributed by atoms with Crippen molar-refractivity contribution in [3.05, 3.63) is 34.3 Å². The lowest BCUT2D eigenvalue weighted by Crippen LogP contribution is -2.27. The van der Waals surface area contributed by atoms with Crippen molar-refractivity contribution in [1.29, 1.82) is 0 Å². The fraction of sp³-hybridized carbons (Fsp3) is 0.647. The first-order chi connectivity index (χ1) is 10.3. The number of rotatable bonds is 8. The van der Waals surface area contributed by atoms with Crippen molar-refractivity contribution in [1.82, 2.24) is 5.32 Å². The number of nitrogens with one attached hydrogen (secondary N) is 1. The van der Waals surface area contributed by atoms with Gasteiger partial charge in [0.15, 0.2) is 0 Å². The summed E-state index contributed by atoms with van der Waals surface area (Å²) in [6.07, 6.45) is 3.48. The molecule has 21 heavy (non-hydrogen) atoms. The molecule has 0 saturated carbocycles. The molecule has 0 amide bonds. The molecule has 0 aliphatic carbocycles. The van der Waals surface area contributed by atoms with E-state index >= 15 is 0 Å². The van der Waals surface area contributed by atoms with E-state index in [1.165, 1.54) is 5.56 Å². The number of halogens is 1. The zero-order chi connectivity index (χ0) is 14.9. The SMILES string of the molecule is CCCNCC(OCC1CCOCC1)c1ccccc1Br. The van der Waals surface area contributed by atoms with Crippen LogP contribution in [-0.4, -0.2) is 32.9 Å². The lowest BCUT2D eigenvalue weighted by molar-refractivity contribution is -0.0115. The summed E-state index contributed by atoms with van der Waals surface area (Å²) in [5, 5.41) is 3.48. The summed E-state index contributed by atoms with van der Waals surface area (Å²) >= 11 is 3.64. The first-order valence-electron chi connectivity index (χ1n) is 7.95. The molecule has 1 atom stereocenters. The van der Waals surface area contributed by atoms with E-state index in [-0.39, 0.29) is 6.10 Å². The van der Waals surface area contributed by atoms with Gasteiger partial charge >= 0.3 is 0 Å². The van der Waals surface area contributed by atoms with Crippen molar-refractivity contribution >= 4 is 15.9 Å². The fourth-order valence-corrected chi connectivity index (χ4v) is 3.11. The second-order valence-corrected chi connectivity index (χ2v) is 6.46. The molecule has 1 aromatic carbocycles. The van der Waals surface area contributed by atoms with Gasteiger partial charge in [-0.2, -0.15) is 0 Å². The number of benzene rings is 1. The fourth-order valence-electron chi connectivity index (χ4n) is 2.57. The van der Waals surface area contributed by atoms with Crippen LogP contribution in [0.15, 0.2) is 28.7 Å². The predicted molar refractivity (Wildman–Crippen MR) is 89.5 cm³/mol. The highest BCUT2D eigenvalue weighted by Crippen LogP contribution is 2.27. The first kappa shape index (κ1) is 16.9. The normalized spacial score (nSPS) is 17.8. The number of ether oxygens (including phenoxy) is 2. The quantitative estimate of drug-likeness (QED) is 0.716. The Morgan fingerprint density at radius 3 is 2.81 bits per heavy atom. The molecule has 0 aromatic heterocycles. The summed E-state index contributed by atoms with van der Waals surface area (Å²) in [6.45, 7) is 6.65. The molecule has 1 heterocycles. The Labute approximate surface area is 136 Å². The Bertz CT molecular complexity index is 408. The average molecular weight is 356 g/mol. The highest BCUT2D eigenvalue weighted by molar-refractivity contribution is 9.10. The number of hydrogen-bond donors (Lipinski definition) is 1. The molecule has 4 heteroatoms. The van der Waals surface area contributed by atoms with E-state index in [0.717, 1.165) is 56.6 Å². The van der Waals surface area contributed by atoms with E-state index in [1.54, 1.807) is 0 Å². The third kappa shape index (κ3) is 5.70. The van der Waals surface area contributed by atoms with Crippen LogP contribution in [0.3, 0.4) is 0 Å². The highest BCUT2D eigenvalue weighted by atomic mass is 79.9. The van der Waals surface area contributed by atoms with Crippen molar-refractivity contribution in [2.45, 2.75) is 32.3 Å². The maximum absolute atomic E-state index is 6.25. The molecule has 1 fully saturated rings. The van der Waals surface area contributed by atoms with Crippen LogP contribution in [0.5, 0.6) is 0 Å². The van der Waals surface area contributed by atoms with Gasteiger partial charge in [0.1, 0.15) is 0 Å². The minimum Gasteiger partial charge on any atom is -0.381 e. The third-order valence-electron chi connectivity index (χ3n) is 3.88. The van der Waals surface area contributed by atoms with Gasteiger partial charge in [-0.25, -0.2) is 0 Å². The van der Waals surface area contributed by atoms with Gasteiger partial charge in [-0.05, 0) is 43.4 Å². The van der Waals surface area contributed by atoms with Crippen molar-refractivity contribution in [2.75, 3.05) is 32.9 Å². The Morgan fingerprint density at radius 1 is 1.33 bits per heavy atom. The summed E-state index contributed by atoms with van der Waals surface area (Å²) in [4.78, 5) is 0. The van der Waals surface area contributed by atoms with Crippen LogP contribution in [0.25, 0.3) is 0 Å². The molecular weight excluding hydrogens is 330 g/mol. The van der Waals surface area contributed by atoms with E-state index in [9.17, 15) is 0 Å². The van der Waals surface area contributed by atoms with Gasteiger partial charge in [-0.3, -0.25) is 0 Å². The lowest BCUT2D eigenvalue weighted by atomic mass is 10.0. The van der Waals surface area contributed by atoms with Gasteiger partial charge in [0.25, 0.3) is 0 Å². The molecule has 1 aliphatic heterocycles. The molecule has 2 rings (SSSR count). The van der Waals surface area contributed by atoms with Crippen LogP contribution >= 0.6 is 15.9 Å². The van der Waals surface area contributed by atoms with Crippen LogP contribution in [-0.2, 0) is 9.47 Å². The third-order valence-corrected chi connectivity index (χ3v) is 4.60. The smallest absolute Gasteiger partial charge is 0.0960 e. The molecule has 1 aromatic rings. The maximum Gasteiger partial charge on any atom is 0.0960 e. The molecule has 3 nitrogen and oxygen atoms in total.